The Morgan fingerprint density at radius 3 is 2.30 bits per heavy atom. The molecule has 1 rings (SSSR count). The van der Waals surface area contributed by atoms with Gasteiger partial charge in [0.25, 0.3) is 0 Å². The van der Waals surface area contributed by atoms with Gasteiger partial charge < -0.3 is 0 Å². The van der Waals surface area contributed by atoms with Crippen LogP contribution in [-0.4, -0.2) is 17.7 Å². The van der Waals surface area contributed by atoms with Gasteiger partial charge in [0.05, 0.1) is 0 Å². The summed E-state index contributed by atoms with van der Waals surface area (Å²) in [4.78, 5) is 0. The second-order valence-corrected chi connectivity index (χ2v) is 2.33. The van der Waals surface area contributed by atoms with Gasteiger partial charge in [-0.15, -0.1) is 9.60 Å². The number of halogens is 1. The molecular weight excluding hydrogens is 129 g/mol. The Hall–Kier alpha value is -0.110. The van der Waals surface area contributed by atoms with Crippen LogP contribution in [0.1, 0.15) is 40.0 Å². The van der Waals surface area contributed by atoms with E-state index >= 15 is 0 Å². The van der Waals surface area contributed by atoms with Crippen LogP contribution >= 0.6 is 0 Å². The Morgan fingerprint density at radius 1 is 1.50 bits per heavy atom. The first-order valence-corrected chi connectivity index (χ1v) is 4.27. The highest BCUT2D eigenvalue weighted by Gasteiger charge is 2.21. The molecule has 0 aromatic rings. The standard InChI is InChI=1S/C6H12FN.C2H6/c1-2-6-4-3-5-8(6)7;1-2/h6H,2-5H2,1H3;1-2H3. The summed E-state index contributed by atoms with van der Waals surface area (Å²) in [5.41, 5.74) is 0. The van der Waals surface area contributed by atoms with E-state index in [-0.39, 0.29) is 6.04 Å². The van der Waals surface area contributed by atoms with Gasteiger partial charge in [-0.05, 0) is 19.3 Å². The second-order valence-electron chi connectivity index (χ2n) is 2.33. The molecule has 0 N–H and O–H groups in total. The summed E-state index contributed by atoms with van der Waals surface area (Å²) >= 11 is 0. The summed E-state index contributed by atoms with van der Waals surface area (Å²) in [5.74, 6) is 0. The molecule has 1 fully saturated rings. The summed E-state index contributed by atoms with van der Waals surface area (Å²) in [7, 11) is 0. The van der Waals surface area contributed by atoms with Crippen LogP contribution in [0.3, 0.4) is 0 Å². The van der Waals surface area contributed by atoms with E-state index < -0.39 is 0 Å². The van der Waals surface area contributed by atoms with E-state index in [0.29, 0.717) is 6.54 Å². The number of nitrogens with zero attached hydrogens (tertiary/aromatic N) is 1. The minimum absolute atomic E-state index is 0.231. The fourth-order valence-corrected chi connectivity index (χ4v) is 1.20. The molecule has 1 nitrogen and oxygen atoms in total. The first kappa shape index (κ1) is 9.89. The molecule has 2 heteroatoms. The first-order chi connectivity index (χ1) is 4.84. The molecule has 0 amide bonds. The monoisotopic (exact) mass is 147 g/mol. The SMILES string of the molecule is CC.CCC1CCCN1F. The van der Waals surface area contributed by atoms with Gasteiger partial charge in [-0.25, -0.2) is 0 Å². The average molecular weight is 147 g/mol. The topological polar surface area (TPSA) is 3.24 Å². The van der Waals surface area contributed by atoms with Crippen molar-refractivity contribution in [3.8, 4) is 0 Å². The molecule has 0 aromatic carbocycles. The molecule has 1 saturated heterocycles. The number of hydrogen-bond donors (Lipinski definition) is 0. The molecule has 1 aliphatic heterocycles. The van der Waals surface area contributed by atoms with Crippen molar-refractivity contribution < 1.29 is 4.48 Å². The molecule has 10 heavy (non-hydrogen) atoms. The highest BCUT2D eigenvalue weighted by molar-refractivity contribution is 4.70. The maximum Gasteiger partial charge on any atom is 0.0400 e. The first-order valence-electron chi connectivity index (χ1n) is 4.27. The lowest BCUT2D eigenvalue weighted by Crippen LogP contribution is -2.19. The van der Waals surface area contributed by atoms with Gasteiger partial charge in [-0.2, -0.15) is 0 Å². The zero-order valence-electron chi connectivity index (χ0n) is 7.23. The lowest BCUT2D eigenvalue weighted by Gasteiger charge is -2.10. The third-order valence-corrected chi connectivity index (χ3v) is 1.78. The van der Waals surface area contributed by atoms with Gasteiger partial charge in [0.1, 0.15) is 0 Å². The van der Waals surface area contributed by atoms with Gasteiger partial charge in [0.15, 0.2) is 0 Å². The van der Waals surface area contributed by atoms with Gasteiger partial charge in [-0.1, -0.05) is 20.8 Å². The molecule has 0 bridgehead atoms. The van der Waals surface area contributed by atoms with E-state index in [0.717, 1.165) is 24.4 Å². The lowest BCUT2D eigenvalue weighted by molar-refractivity contribution is 0.00984. The largest absolute Gasteiger partial charge is 0.143 e. The van der Waals surface area contributed by atoms with Crippen molar-refractivity contribution in [3.05, 3.63) is 0 Å². The highest BCUT2D eigenvalue weighted by atomic mass is 19.2. The van der Waals surface area contributed by atoms with E-state index in [4.69, 9.17) is 0 Å². The van der Waals surface area contributed by atoms with Crippen LogP contribution < -0.4 is 0 Å². The summed E-state index contributed by atoms with van der Waals surface area (Å²) in [5, 5.41) is 0.958. The van der Waals surface area contributed by atoms with Crippen LogP contribution in [0.25, 0.3) is 0 Å². The molecule has 0 spiro atoms. The molecule has 0 aromatic heterocycles. The maximum atomic E-state index is 12.4. The third-order valence-electron chi connectivity index (χ3n) is 1.78. The number of rotatable bonds is 1. The van der Waals surface area contributed by atoms with E-state index in [1.54, 1.807) is 0 Å². The van der Waals surface area contributed by atoms with Gasteiger partial charge in [-0.3, -0.25) is 0 Å². The van der Waals surface area contributed by atoms with E-state index in [1.165, 1.54) is 0 Å². The molecule has 1 heterocycles. The summed E-state index contributed by atoms with van der Waals surface area (Å²) < 4.78 is 12.4. The Bertz CT molecular complexity index is 75.7. The fourth-order valence-electron chi connectivity index (χ4n) is 1.20. The van der Waals surface area contributed by atoms with E-state index in [2.05, 4.69) is 0 Å². The average Bonchev–Trinajstić information content (AvgIpc) is 2.39. The van der Waals surface area contributed by atoms with Crippen molar-refractivity contribution in [3.63, 3.8) is 0 Å². The highest BCUT2D eigenvalue weighted by Crippen LogP contribution is 2.18. The lowest BCUT2D eigenvalue weighted by atomic mass is 10.2. The Balaban J connectivity index is 0.000000371. The summed E-state index contributed by atoms with van der Waals surface area (Å²) in [6, 6.07) is 0.231. The Kier molecular flexibility index (Phi) is 5.60. The molecule has 0 saturated carbocycles. The van der Waals surface area contributed by atoms with Crippen LogP contribution in [-0.2, 0) is 0 Å². The zero-order chi connectivity index (χ0) is 7.98. The fraction of sp³-hybridized carbons (Fsp3) is 1.00. The molecular formula is C8H18FN. The normalized spacial score (nSPS) is 25.8. The maximum absolute atomic E-state index is 12.4. The Morgan fingerprint density at radius 2 is 2.10 bits per heavy atom. The van der Waals surface area contributed by atoms with Crippen molar-refractivity contribution in [1.29, 1.82) is 0 Å². The van der Waals surface area contributed by atoms with Gasteiger partial charge in [0, 0.05) is 12.6 Å². The second kappa shape index (κ2) is 5.66. The zero-order valence-corrected chi connectivity index (χ0v) is 7.23. The quantitative estimate of drug-likeness (QED) is 0.515. The molecule has 0 radical (unpaired) electrons. The summed E-state index contributed by atoms with van der Waals surface area (Å²) in [6.45, 7) is 6.68. The van der Waals surface area contributed by atoms with Crippen molar-refractivity contribution in [2.45, 2.75) is 46.1 Å². The summed E-state index contributed by atoms with van der Waals surface area (Å²) in [6.07, 6.45) is 3.04. The van der Waals surface area contributed by atoms with E-state index in [1.807, 2.05) is 20.8 Å². The molecule has 1 aliphatic rings. The van der Waals surface area contributed by atoms with Crippen LogP contribution in [0, 0.1) is 0 Å². The van der Waals surface area contributed by atoms with Crippen molar-refractivity contribution >= 4 is 0 Å². The Labute approximate surface area is 63.2 Å². The third kappa shape index (κ3) is 2.65. The molecule has 1 atom stereocenters. The van der Waals surface area contributed by atoms with Crippen LogP contribution in [0.5, 0.6) is 0 Å². The minimum atomic E-state index is 0.231. The minimum Gasteiger partial charge on any atom is -0.143 e. The van der Waals surface area contributed by atoms with Crippen molar-refractivity contribution in [2.24, 2.45) is 0 Å². The molecule has 1 unspecified atom stereocenters. The number of hydrogen-bond acceptors (Lipinski definition) is 1. The predicted octanol–water partition coefficient (Wildman–Crippen LogP) is 2.77. The van der Waals surface area contributed by atoms with Crippen LogP contribution in [0.2, 0.25) is 0 Å². The smallest absolute Gasteiger partial charge is 0.0400 e. The molecule has 0 aliphatic carbocycles. The van der Waals surface area contributed by atoms with Crippen LogP contribution in [0.4, 0.5) is 4.48 Å². The van der Waals surface area contributed by atoms with E-state index in [9.17, 15) is 4.48 Å². The van der Waals surface area contributed by atoms with Gasteiger partial charge in [0.2, 0.25) is 0 Å². The predicted molar refractivity (Wildman–Crippen MR) is 42.5 cm³/mol. The van der Waals surface area contributed by atoms with Crippen LogP contribution in [0.15, 0.2) is 0 Å². The van der Waals surface area contributed by atoms with Crippen molar-refractivity contribution in [1.82, 2.24) is 5.12 Å². The van der Waals surface area contributed by atoms with Crippen molar-refractivity contribution in [2.75, 3.05) is 6.54 Å². The molecule has 62 valence electrons. The van der Waals surface area contributed by atoms with Gasteiger partial charge >= 0.3 is 0 Å².